The van der Waals surface area contributed by atoms with Gasteiger partial charge in [0.05, 0.1) is 41.6 Å². The number of ether oxygens (including phenoxy) is 2. The molecule has 0 saturated heterocycles. The lowest BCUT2D eigenvalue weighted by Crippen LogP contribution is -2.53. The van der Waals surface area contributed by atoms with E-state index in [1.54, 1.807) is 27.7 Å². The van der Waals surface area contributed by atoms with E-state index < -0.39 is 40.5 Å². The summed E-state index contributed by atoms with van der Waals surface area (Å²) in [6.07, 6.45) is 4.02. The molecule has 2 bridgehead atoms. The zero-order valence-electron chi connectivity index (χ0n) is 23.9. The van der Waals surface area contributed by atoms with E-state index >= 15 is 0 Å². The lowest BCUT2D eigenvalue weighted by molar-refractivity contribution is -0.150. The van der Waals surface area contributed by atoms with Crippen LogP contribution in [0, 0.1) is 45.7 Å². The SMILES string of the molecule is COc1cc(F)c(O[C@H]2CC[C@@](C)(C(=O)O)CC2)cc1C(=O)N[C@@H]1[C@H]2CC[C@H](C2)[C@@H]1C(=O)N[C@H](C)C(C)(C)C#N. The first-order valence-electron chi connectivity index (χ1n) is 14.1. The number of amides is 2. The number of carbonyl (C=O) groups is 3. The summed E-state index contributed by atoms with van der Waals surface area (Å²) >= 11 is 0. The van der Waals surface area contributed by atoms with E-state index in [0.29, 0.717) is 25.7 Å². The molecule has 2 amide bonds. The molecule has 0 unspecified atom stereocenters. The average Bonchev–Trinajstić information content (AvgIpc) is 3.52. The van der Waals surface area contributed by atoms with Crippen molar-refractivity contribution in [1.29, 1.82) is 5.26 Å². The molecule has 9 nitrogen and oxygen atoms in total. The summed E-state index contributed by atoms with van der Waals surface area (Å²) in [5.74, 6) is -2.35. The van der Waals surface area contributed by atoms with Gasteiger partial charge in [0.15, 0.2) is 11.6 Å². The van der Waals surface area contributed by atoms with Crippen molar-refractivity contribution in [3.8, 4) is 17.6 Å². The summed E-state index contributed by atoms with van der Waals surface area (Å²) in [4.78, 5) is 38.5. The Morgan fingerprint density at radius 1 is 1.15 bits per heavy atom. The van der Waals surface area contributed by atoms with Gasteiger partial charge >= 0.3 is 5.97 Å². The molecule has 218 valence electrons. The van der Waals surface area contributed by atoms with E-state index in [2.05, 4.69) is 16.7 Å². The van der Waals surface area contributed by atoms with Gasteiger partial charge in [-0.1, -0.05) is 0 Å². The number of nitrogens with zero attached hydrogens (tertiary/aromatic N) is 1. The summed E-state index contributed by atoms with van der Waals surface area (Å²) in [6.45, 7) is 7.06. The minimum Gasteiger partial charge on any atom is -0.496 e. The molecule has 40 heavy (non-hydrogen) atoms. The molecule has 4 rings (SSSR count). The molecule has 3 aliphatic rings. The highest BCUT2D eigenvalue weighted by atomic mass is 19.1. The molecule has 3 aliphatic carbocycles. The van der Waals surface area contributed by atoms with Crippen LogP contribution in [0.15, 0.2) is 12.1 Å². The van der Waals surface area contributed by atoms with Crippen LogP contribution in [0.1, 0.15) is 83.0 Å². The maximum atomic E-state index is 15.0. The molecule has 0 aromatic heterocycles. The Balaban J connectivity index is 1.50. The van der Waals surface area contributed by atoms with Crippen LogP contribution in [0.5, 0.6) is 11.5 Å². The number of methoxy groups -OCH3 is 1. The summed E-state index contributed by atoms with van der Waals surface area (Å²) in [5.41, 5.74) is -1.46. The first-order chi connectivity index (χ1) is 18.8. The summed E-state index contributed by atoms with van der Waals surface area (Å²) < 4.78 is 26.2. The van der Waals surface area contributed by atoms with Crippen LogP contribution in [-0.4, -0.2) is 48.2 Å². The molecule has 0 radical (unpaired) electrons. The highest BCUT2D eigenvalue weighted by molar-refractivity contribution is 5.98. The fourth-order valence-electron chi connectivity index (χ4n) is 6.40. The van der Waals surface area contributed by atoms with Crippen LogP contribution < -0.4 is 20.1 Å². The van der Waals surface area contributed by atoms with E-state index in [4.69, 9.17) is 9.47 Å². The third-order valence-electron chi connectivity index (χ3n) is 9.59. The first kappa shape index (κ1) is 29.6. The van der Waals surface area contributed by atoms with Crippen molar-refractivity contribution in [3.05, 3.63) is 23.5 Å². The molecule has 3 fully saturated rings. The van der Waals surface area contributed by atoms with E-state index in [1.807, 2.05) is 0 Å². The molecular formula is C30H40FN3O6. The number of fused-ring (bicyclic) bond motifs is 2. The number of rotatable bonds is 9. The zero-order valence-corrected chi connectivity index (χ0v) is 23.9. The van der Waals surface area contributed by atoms with Crippen LogP contribution >= 0.6 is 0 Å². The fraction of sp³-hybridized carbons (Fsp3) is 0.667. The number of carbonyl (C=O) groups excluding carboxylic acids is 2. The van der Waals surface area contributed by atoms with Gasteiger partial charge in [-0.2, -0.15) is 5.26 Å². The molecular weight excluding hydrogens is 517 g/mol. The molecule has 1 aromatic carbocycles. The van der Waals surface area contributed by atoms with Crippen molar-refractivity contribution in [1.82, 2.24) is 10.6 Å². The minimum absolute atomic E-state index is 0.0537. The van der Waals surface area contributed by atoms with E-state index in [9.17, 15) is 29.1 Å². The van der Waals surface area contributed by atoms with E-state index in [-0.39, 0.29) is 47.0 Å². The van der Waals surface area contributed by atoms with Gasteiger partial charge in [-0.25, -0.2) is 4.39 Å². The average molecular weight is 558 g/mol. The monoisotopic (exact) mass is 557 g/mol. The summed E-state index contributed by atoms with van der Waals surface area (Å²) in [7, 11) is 1.35. The number of carboxylic acids is 1. The van der Waals surface area contributed by atoms with Gasteiger partial charge in [-0.3, -0.25) is 14.4 Å². The van der Waals surface area contributed by atoms with E-state index in [1.165, 1.54) is 13.2 Å². The lowest BCUT2D eigenvalue weighted by atomic mass is 9.75. The fourth-order valence-corrected chi connectivity index (χ4v) is 6.40. The number of nitriles is 1. The normalized spacial score (nSPS) is 30.2. The smallest absolute Gasteiger partial charge is 0.309 e. The maximum Gasteiger partial charge on any atom is 0.309 e. The van der Waals surface area contributed by atoms with Crippen molar-refractivity contribution >= 4 is 17.8 Å². The van der Waals surface area contributed by atoms with Gasteiger partial charge in [0.2, 0.25) is 5.91 Å². The molecule has 0 aliphatic heterocycles. The Labute approximate surface area is 234 Å². The summed E-state index contributed by atoms with van der Waals surface area (Å²) in [6, 6.07) is 3.91. The van der Waals surface area contributed by atoms with Crippen LogP contribution in [0.3, 0.4) is 0 Å². The molecule has 5 atom stereocenters. The van der Waals surface area contributed by atoms with Crippen LogP contribution in [-0.2, 0) is 9.59 Å². The molecule has 3 N–H and O–H groups in total. The predicted octanol–water partition coefficient (Wildman–Crippen LogP) is 4.45. The number of halogens is 1. The van der Waals surface area contributed by atoms with Crippen molar-refractivity contribution in [2.75, 3.05) is 7.11 Å². The number of hydrogen-bond acceptors (Lipinski definition) is 6. The molecule has 10 heteroatoms. The number of hydrogen-bond donors (Lipinski definition) is 3. The second-order valence-corrected chi connectivity index (χ2v) is 12.6. The number of nitrogens with one attached hydrogen (secondary N) is 2. The Morgan fingerprint density at radius 3 is 2.40 bits per heavy atom. The van der Waals surface area contributed by atoms with Crippen molar-refractivity contribution < 1.29 is 33.4 Å². The highest BCUT2D eigenvalue weighted by Crippen LogP contribution is 2.49. The maximum absolute atomic E-state index is 15.0. The van der Waals surface area contributed by atoms with Gasteiger partial charge < -0.3 is 25.2 Å². The third-order valence-corrected chi connectivity index (χ3v) is 9.59. The van der Waals surface area contributed by atoms with Crippen molar-refractivity contribution in [3.63, 3.8) is 0 Å². The second kappa shape index (κ2) is 11.3. The van der Waals surface area contributed by atoms with Crippen LogP contribution in [0.4, 0.5) is 4.39 Å². The van der Waals surface area contributed by atoms with Crippen molar-refractivity contribution in [2.24, 2.45) is 28.6 Å². The topological polar surface area (TPSA) is 138 Å². The number of carboxylic acid groups (broad SMARTS) is 1. The van der Waals surface area contributed by atoms with Gasteiger partial charge in [0, 0.05) is 18.2 Å². The van der Waals surface area contributed by atoms with Gasteiger partial charge in [0.1, 0.15) is 5.75 Å². The molecule has 1 aromatic rings. The van der Waals surface area contributed by atoms with E-state index in [0.717, 1.165) is 25.3 Å². The van der Waals surface area contributed by atoms with Gasteiger partial charge in [-0.05, 0) is 90.5 Å². The molecule has 0 heterocycles. The largest absolute Gasteiger partial charge is 0.496 e. The third kappa shape index (κ3) is 5.74. The van der Waals surface area contributed by atoms with Crippen LogP contribution in [0.2, 0.25) is 0 Å². The Morgan fingerprint density at radius 2 is 1.80 bits per heavy atom. The quantitative estimate of drug-likeness (QED) is 0.408. The number of benzene rings is 1. The Kier molecular flexibility index (Phi) is 8.34. The van der Waals surface area contributed by atoms with Crippen molar-refractivity contribution in [2.45, 2.75) is 90.8 Å². The highest BCUT2D eigenvalue weighted by Gasteiger charge is 2.52. The number of aliphatic carboxylic acids is 1. The first-order valence-corrected chi connectivity index (χ1v) is 14.1. The van der Waals surface area contributed by atoms with Crippen LogP contribution in [0.25, 0.3) is 0 Å². The second-order valence-electron chi connectivity index (χ2n) is 12.6. The molecule has 3 saturated carbocycles. The van der Waals surface area contributed by atoms with Gasteiger partial charge in [0.25, 0.3) is 5.91 Å². The Hall–Kier alpha value is -3.35. The predicted molar refractivity (Wildman–Crippen MR) is 144 cm³/mol. The standard InChI is InChI=1S/C30H40FN3O6/c1-16(29(2,3)15-32)33-27(36)24-17-6-7-18(12-17)25(24)34-26(35)20-13-23(21(31)14-22(20)39-5)40-19-8-10-30(4,11-9-19)28(37)38/h13-14,16-19,24-25H,6-12H2,1-5H3,(H,33,36)(H,34,35)(H,37,38)/t16-,17-,18+,19-,24+,25-,30+/m1/s1. The minimum atomic E-state index is -0.851. The lowest BCUT2D eigenvalue weighted by Gasteiger charge is -2.34. The molecule has 0 spiro atoms. The van der Waals surface area contributed by atoms with Gasteiger partial charge in [-0.15, -0.1) is 0 Å². The zero-order chi connectivity index (χ0) is 29.4. The Bertz CT molecular complexity index is 1200. The summed E-state index contributed by atoms with van der Waals surface area (Å²) in [5, 5.41) is 25.0.